The molecule has 18 heavy (non-hydrogen) atoms. The van der Waals surface area contributed by atoms with Crippen LogP contribution < -0.4 is 5.73 Å². The molecule has 2 nitrogen and oxygen atoms in total. The second kappa shape index (κ2) is 6.38. The van der Waals surface area contributed by atoms with Gasteiger partial charge in [0.1, 0.15) is 0 Å². The van der Waals surface area contributed by atoms with Gasteiger partial charge in [0.15, 0.2) is 0 Å². The average molecular weight is 252 g/mol. The fourth-order valence-electron chi connectivity index (χ4n) is 4.67. The molecule has 2 aliphatic carbocycles. The van der Waals surface area contributed by atoms with Crippen LogP contribution in [-0.2, 0) is 0 Å². The first kappa shape index (κ1) is 14.3. The van der Waals surface area contributed by atoms with Crippen LogP contribution in [0.15, 0.2) is 0 Å². The molecule has 0 saturated heterocycles. The largest absolute Gasteiger partial charge is 0.330 e. The van der Waals surface area contributed by atoms with E-state index in [0.717, 1.165) is 36.4 Å². The van der Waals surface area contributed by atoms with Crippen LogP contribution in [0.4, 0.5) is 0 Å². The molecule has 2 N–H and O–H groups in total. The van der Waals surface area contributed by atoms with Crippen molar-refractivity contribution >= 4 is 0 Å². The number of hydrogen-bond acceptors (Lipinski definition) is 2. The van der Waals surface area contributed by atoms with Gasteiger partial charge in [-0.15, -0.1) is 0 Å². The first-order chi connectivity index (χ1) is 8.65. The van der Waals surface area contributed by atoms with Gasteiger partial charge in [0.25, 0.3) is 0 Å². The van der Waals surface area contributed by atoms with E-state index in [1.807, 2.05) is 0 Å². The van der Waals surface area contributed by atoms with Crippen molar-refractivity contribution in [3.8, 4) is 0 Å². The Kier molecular flexibility index (Phi) is 5.08. The molecule has 4 unspecified atom stereocenters. The third-order valence-corrected chi connectivity index (χ3v) is 5.34. The van der Waals surface area contributed by atoms with E-state index in [1.165, 1.54) is 45.1 Å². The first-order valence-electron chi connectivity index (χ1n) is 8.11. The second-order valence-electron chi connectivity index (χ2n) is 6.90. The summed E-state index contributed by atoms with van der Waals surface area (Å²) in [5.41, 5.74) is 5.97. The molecule has 0 aromatic rings. The summed E-state index contributed by atoms with van der Waals surface area (Å²) in [4.78, 5) is 2.82. The minimum Gasteiger partial charge on any atom is -0.330 e. The zero-order valence-corrected chi connectivity index (χ0v) is 12.6. The highest BCUT2D eigenvalue weighted by Crippen LogP contribution is 2.37. The maximum Gasteiger partial charge on any atom is 0.0138 e. The van der Waals surface area contributed by atoms with E-state index >= 15 is 0 Å². The van der Waals surface area contributed by atoms with Crippen LogP contribution in [0.3, 0.4) is 0 Å². The molecule has 2 rings (SSSR count). The Morgan fingerprint density at radius 2 is 1.72 bits per heavy atom. The van der Waals surface area contributed by atoms with E-state index in [4.69, 9.17) is 5.73 Å². The van der Waals surface area contributed by atoms with Gasteiger partial charge in [-0.1, -0.05) is 27.2 Å². The van der Waals surface area contributed by atoms with E-state index in [1.54, 1.807) is 0 Å². The predicted molar refractivity (Wildman–Crippen MR) is 78.5 cm³/mol. The lowest BCUT2D eigenvalue weighted by Gasteiger charge is -2.43. The summed E-state index contributed by atoms with van der Waals surface area (Å²) in [6, 6.07) is 1.60. The average Bonchev–Trinajstić information content (AvgIpc) is 2.77. The van der Waals surface area contributed by atoms with Crippen LogP contribution in [-0.4, -0.2) is 30.1 Å². The SMILES string of the molecule is CCN(C1CC(C)CC(C)C1)C1CCCC1CN. The van der Waals surface area contributed by atoms with Crippen molar-refractivity contribution < 1.29 is 0 Å². The fraction of sp³-hybridized carbons (Fsp3) is 1.00. The standard InChI is InChI=1S/C16H32N2/c1-4-18(16-7-5-6-14(16)11-17)15-9-12(2)8-13(3)10-15/h12-16H,4-11,17H2,1-3H3. The first-order valence-corrected chi connectivity index (χ1v) is 8.11. The summed E-state index contributed by atoms with van der Waals surface area (Å²) >= 11 is 0. The Hall–Kier alpha value is -0.0800. The lowest BCUT2D eigenvalue weighted by atomic mass is 9.79. The molecule has 0 spiro atoms. The highest BCUT2D eigenvalue weighted by atomic mass is 15.2. The molecular formula is C16H32N2. The predicted octanol–water partition coefficient (Wildman–Crippen LogP) is 3.26. The molecule has 0 aliphatic heterocycles. The lowest BCUT2D eigenvalue weighted by molar-refractivity contribution is 0.0602. The molecule has 0 heterocycles. The van der Waals surface area contributed by atoms with Gasteiger partial charge in [-0.25, -0.2) is 0 Å². The Morgan fingerprint density at radius 1 is 1.06 bits per heavy atom. The van der Waals surface area contributed by atoms with Crippen molar-refractivity contribution in [1.29, 1.82) is 0 Å². The minimum absolute atomic E-state index is 0.762. The number of nitrogens with zero attached hydrogens (tertiary/aromatic N) is 1. The monoisotopic (exact) mass is 252 g/mol. The van der Waals surface area contributed by atoms with Crippen molar-refractivity contribution in [1.82, 2.24) is 4.90 Å². The van der Waals surface area contributed by atoms with Gasteiger partial charge >= 0.3 is 0 Å². The second-order valence-corrected chi connectivity index (χ2v) is 6.90. The molecule has 0 aromatic heterocycles. The fourth-order valence-corrected chi connectivity index (χ4v) is 4.67. The van der Waals surface area contributed by atoms with Crippen molar-refractivity contribution in [2.24, 2.45) is 23.5 Å². The quantitative estimate of drug-likeness (QED) is 0.832. The van der Waals surface area contributed by atoms with Crippen LogP contribution in [0, 0.1) is 17.8 Å². The van der Waals surface area contributed by atoms with Gasteiger partial charge in [-0.3, -0.25) is 4.90 Å². The molecule has 0 bridgehead atoms. The number of hydrogen-bond donors (Lipinski definition) is 1. The van der Waals surface area contributed by atoms with Crippen molar-refractivity contribution in [2.75, 3.05) is 13.1 Å². The van der Waals surface area contributed by atoms with Crippen LogP contribution in [0.25, 0.3) is 0 Å². The molecular weight excluding hydrogens is 220 g/mol. The smallest absolute Gasteiger partial charge is 0.0138 e. The molecule has 2 fully saturated rings. The third kappa shape index (κ3) is 3.08. The zero-order valence-electron chi connectivity index (χ0n) is 12.6. The van der Waals surface area contributed by atoms with Crippen LogP contribution >= 0.6 is 0 Å². The highest BCUT2D eigenvalue weighted by molar-refractivity contribution is 4.91. The Labute approximate surface area is 113 Å². The van der Waals surface area contributed by atoms with E-state index in [9.17, 15) is 0 Å². The lowest BCUT2D eigenvalue weighted by Crippen LogP contribution is -2.48. The van der Waals surface area contributed by atoms with Crippen molar-refractivity contribution in [3.05, 3.63) is 0 Å². The highest BCUT2D eigenvalue weighted by Gasteiger charge is 2.36. The maximum atomic E-state index is 5.97. The minimum atomic E-state index is 0.762. The summed E-state index contributed by atoms with van der Waals surface area (Å²) in [6.07, 6.45) is 8.38. The Bertz CT molecular complexity index is 243. The van der Waals surface area contributed by atoms with E-state index in [-0.39, 0.29) is 0 Å². The molecule has 0 radical (unpaired) electrons. The van der Waals surface area contributed by atoms with E-state index in [0.29, 0.717) is 0 Å². The molecule has 2 saturated carbocycles. The van der Waals surface area contributed by atoms with Gasteiger partial charge in [0, 0.05) is 12.1 Å². The van der Waals surface area contributed by atoms with Gasteiger partial charge in [0.2, 0.25) is 0 Å². The van der Waals surface area contributed by atoms with E-state index < -0.39 is 0 Å². The summed E-state index contributed by atoms with van der Waals surface area (Å²) in [5, 5.41) is 0. The molecule has 2 heteroatoms. The van der Waals surface area contributed by atoms with Crippen LogP contribution in [0.1, 0.15) is 59.3 Å². The number of nitrogens with two attached hydrogens (primary N) is 1. The molecule has 2 aliphatic rings. The van der Waals surface area contributed by atoms with Crippen molar-refractivity contribution in [3.63, 3.8) is 0 Å². The molecule has 0 aromatic carbocycles. The van der Waals surface area contributed by atoms with Gasteiger partial charge < -0.3 is 5.73 Å². The summed E-state index contributed by atoms with van der Waals surface area (Å²) in [6.45, 7) is 9.32. The summed E-state index contributed by atoms with van der Waals surface area (Å²) < 4.78 is 0. The molecule has 4 atom stereocenters. The third-order valence-electron chi connectivity index (χ3n) is 5.34. The Balaban J connectivity index is 2.03. The molecule has 106 valence electrons. The van der Waals surface area contributed by atoms with Crippen molar-refractivity contribution in [2.45, 2.75) is 71.4 Å². The van der Waals surface area contributed by atoms with Gasteiger partial charge in [0.05, 0.1) is 0 Å². The zero-order chi connectivity index (χ0) is 13.1. The summed E-state index contributed by atoms with van der Waals surface area (Å²) in [7, 11) is 0. The topological polar surface area (TPSA) is 29.3 Å². The summed E-state index contributed by atoms with van der Waals surface area (Å²) in [5.74, 6) is 2.58. The maximum absolute atomic E-state index is 5.97. The van der Waals surface area contributed by atoms with Gasteiger partial charge in [-0.05, 0) is 62.9 Å². The normalized spacial score (nSPS) is 41.5. The number of rotatable bonds is 4. The van der Waals surface area contributed by atoms with Gasteiger partial charge in [-0.2, -0.15) is 0 Å². The Morgan fingerprint density at radius 3 is 2.28 bits per heavy atom. The molecule has 0 amide bonds. The van der Waals surface area contributed by atoms with E-state index in [2.05, 4.69) is 25.7 Å². The van der Waals surface area contributed by atoms with Crippen LogP contribution in [0.2, 0.25) is 0 Å². The van der Waals surface area contributed by atoms with Crippen LogP contribution in [0.5, 0.6) is 0 Å².